The Labute approximate surface area is 169 Å². The monoisotopic (exact) mass is 449 g/mol. The largest absolute Gasteiger partial charge is 0.434 e. The first-order valence-electron chi connectivity index (χ1n) is 8.60. The number of carbonyl (C=O) groups excluding carboxylic acids is 1. The van der Waals surface area contributed by atoms with Crippen LogP contribution in [0.15, 0.2) is 34.5 Å². The number of halogens is 3. The second-order valence-corrected chi connectivity index (χ2v) is 9.14. The number of nitrogens with one attached hydrogen (secondary N) is 1. The van der Waals surface area contributed by atoms with E-state index < -0.39 is 33.8 Å². The minimum absolute atomic E-state index is 0.0340. The lowest BCUT2D eigenvalue weighted by molar-refractivity contribution is -0.140. The molecule has 29 heavy (non-hydrogen) atoms. The fourth-order valence-corrected chi connectivity index (χ4v) is 4.98. The van der Waals surface area contributed by atoms with E-state index in [0.29, 0.717) is 13.2 Å². The van der Waals surface area contributed by atoms with Crippen LogP contribution >= 0.6 is 11.3 Å². The lowest BCUT2D eigenvalue weighted by Crippen LogP contribution is -2.40. The summed E-state index contributed by atoms with van der Waals surface area (Å²) in [5.41, 5.74) is -0.934. The quantitative estimate of drug-likeness (QED) is 0.758. The second-order valence-electron chi connectivity index (χ2n) is 6.31. The average molecular weight is 449 g/mol. The van der Waals surface area contributed by atoms with Crippen LogP contribution in [0.2, 0.25) is 0 Å². The molecule has 1 aliphatic rings. The summed E-state index contributed by atoms with van der Waals surface area (Å²) < 4.78 is 70.0. The van der Waals surface area contributed by atoms with Gasteiger partial charge in [0.2, 0.25) is 10.0 Å². The highest BCUT2D eigenvalue weighted by atomic mass is 32.2. The van der Waals surface area contributed by atoms with Gasteiger partial charge in [-0.1, -0.05) is 6.07 Å². The van der Waals surface area contributed by atoms with E-state index >= 15 is 0 Å². The number of alkyl halides is 3. The molecule has 1 N–H and O–H groups in total. The van der Waals surface area contributed by atoms with Gasteiger partial charge in [0.1, 0.15) is 5.01 Å². The Kier molecular flexibility index (Phi) is 6.27. The molecule has 0 saturated carbocycles. The molecule has 3 rings (SSSR count). The van der Waals surface area contributed by atoms with Crippen molar-refractivity contribution >= 4 is 27.3 Å². The number of nitrogens with zero attached hydrogens (tertiary/aromatic N) is 2. The van der Waals surface area contributed by atoms with E-state index in [1.807, 2.05) is 0 Å². The number of hydrogen-bond donors (Lipinski definition) is 1. The first-order chi connectivity index (χ1) is 13.6. The number of thiazole rings is 1. The second kappa shape index (κ2) is 8.38. The standard InChI is InChI=1S/C17H18F3N3O4S2/c1-11(16-22-14(10-28-16)17(18,19)20)21-15(24)12-3-2-4-13(9-12)29(25,26)23-5-7-27-8-6-23/h2-4,9-11H,5-8H2,1H3,(H,21,24)/t11-/m1/s1. The van der Waals surface area contributed by atoms with Crippen molar-refractivity contribution in [3.05, 3.63) is 45.9 Å². The molecule has 158 valence electrons. The molecule has 0 radical (unpaired) electrons. The van der Waals surface area contributed by atoms with E-state index in [-0.39, 0.29) is 28.6 Å². The van der Waals surface area contributed by atoms with E-state index in [4.69, 9.17) is 4.74 Å². The molecule has 0 unspecified atom stereocenters. The summed E-state index contributed by atoms with van der Waals surface area (Å²) in [6.07, 6.45) is -4.55. The molecule has 1 fully saturated rings. The zero-order valence-electron chi connectivity index (χ0n) is 15.3. The van der Waals surface area contributed by atoms with Gasteiger partial charge < -0.3 is 10.1 Å². The van der Waals surface area contributed by atoms with E-state index in [2.05, 4.69) is 10.3 Å². The number of amides is 1. The zero-order chi connectivity index (χ0) is 21.2. The van der Waals surface area contributed by atoms with Gasteiger partial charge in [-0.05, 0) is 25.1 Å². The Hall–Kier alpha value is -2.02. The Bertz CT molecular complexity index is 986. The van der Waals surface area contributed by atoms with Gasteiger partial charge in [-0.15, -0.1) is 11.3 Å². The van der Waals surface area contributed by atoms with Gasteiger partial charge in [0.15, 0.2) is 5.69 Å². The maximum atomic E-state index is 12.7. The molecule has 1 aliphatic heterocycles. The molecule has 2 aromatic rings. The predicted octanol–water partition coefficient (Wildman–Crippen LogP) is 2.67. The number of hydrogen-bond acceptors (Lipinski definition) is 6. The van der Waals surface area contributed by atoms with Crippen LogP contribution in [-0.2, 0) is 20.9 Å². The number of aromatic nitrogens is 1. The number of benzene rings is 1. The minimum atomic E-state index is -4.55. The summed E-state index contributed by atoms with van der Waals surface area (Å²) in [7, 11) is -3.77. The first kappa shape index (κ1) is 21.7. The molecule has 0 bridgehead atoms. The Morgan fingerprint density at radius 2 is 2.00 bits per heavy atom. The Morgan fingerprint density at radius 1 is 1.31 bits per heavy atom. The van der Waals surface area contributed by atoms with Crippen LogP contribution in [0.1, 0.15) is 34.0 Å². The van der Waals surface area contributed by atoms with Gasteiger partial charge in [0, 0.05) is 24.0 Å². The number of ether oxygens (including phenoxy) is 1. The normalized spacial score (nSPS) is 17.1. The van der Waals surface area contributed by atoms with Gasteiger partial charge in [-0.25, -0.2) is 13.4 Å². The fourth-order valence-electron chi connectivity index (χ4n) is 2.69. The van der Waals surface area contributed by atoms with Crippen LogP contribution in [0.4, 0.5) is 13.2 Å². The molecule has 1 saturated heterocycles. The van der Waals surface area contributed by atoms with Gasteiger partial charge in [-0.3, -0.25) is 4.79 Å². The van der Waals surface area contributed by atoms with Gasteiger partial charge in [0.05, 0.1) is 24.2 Å². The highest BCUT2D eigenvalue weighted by Gasteiger charge is 2.34. The van der Waals surface area contributed by atoms with Gasteiger partial charge >= 0.3 is 6.18 Å². The van der Waals surface area contributed by atoms with Crippen molar-refractivity contribution in [3.63, 3.8) is 0 Å². The van der Waals surface area contributed by atoms with Crippen LogP contribution < -0.4 is 5.32 Å². The van der Waals surface area contributed by atoms with E-state index in [9.17, 15) is 26.4 Å². The van der Waals surface area contributed by atoms with Crippen molar-refractivity contribution in [2.45, 2.75) is 24.0 Å². The zero-order valence-corrected chi connectivity index (χ0v) is 16.9. The van der Waals surface area contributed by atoms with E-state index in [0.717, 1.165) is 16.7 Å². The van der Waals surface area contributed by atoms with Crippen molar-refractivity contribution in [1.29, 1.82) is 0 Å². The summed E-state index contributed by atoms with van der Waals surface area (Å²) in [5.74, 6) is -0.611. The van der Waals surface area contributed by atoms with Crippen LogP contribution in [-0.4, -0.2) is 49.9 Å². The van der Waals surface area contributed by atoms with Crippen molar-refractivity contribution < 1.29 is 31.1 Å². The Morgan fingerprint density at radius 3 is 2.62 bits per heavy atom. The van der Waals surface area contributed by atoms with Crippen LogP contribution in [0.3, 0.4) is 0 Å². The van der Waals surface area contributed by atoms with E-state index in [1.165, 1.54) is 35.5 Å². The number of morpholine rings is 1. The molecule has 7 nitrogen and oxygen atoms in total. The molecule has 12 heteroatoms. The number of sulfonamides is 1. The summed E-state index contributed by atoms with van der Waals surface area (Å²) in [5, 5.41) is 3.53. The molecule has 1 amide bonds. The lowest BCUT2D eigenvalue weighted by atomic mass is 10.2. The molecular formula is C17H18F3N3O4S2. The first-order valence-corrected chi connectivity index (χ1v) is 10.9. The van der Waals surface area contributed by atoms with Crippen LogP contribution in [0, 0.1) is 0 Å². The molecule has 0 aliphatic carbocycles. The third-order valence-electron chi connectivity index (χ3n) is 4.23. The summed E-state index contributed by atoms with van der Waals surface area (Å²) in [4.78, 5) is 16.0. The van der Waals surface area contributed by atoms with E-state index in [1.54, 1.807) is 0 Å². The SMILES string of the molecule is C[C@@H](NC(=O)c1cccc(S(=O)(=O)N2CCOCC2)c1)c1nc(C(F)(F)F)cs1. The van der Waals surface area contributed by atoms with Crippen molar-refractivity contribution in [1.82, 2.24) is 14.6 Å². The van der Waals surface area contributed by atoms with Crippen LogP contribution in [0.25, 0.3) is 0 Å². The maximum Gasteiger partial charge on any atom is 0.434 e. The fraction of sp³-hybridized carbons (Fsp3) is 0.412. The Balaban J connectivity index is 1.74. The summed E-state index contributed by atoms with van der Waals surface area (Å²) in [6.45, 7) is 2.54. The smallest absolute Gasteiger partial charge is 0.379 e. The highest BCUT2D eigenvalue weighted by molar-refractivity contribution is 7.89. The molecule has 2 heterocycles. The predicted molar refractivity (Wildman–Crippen MR) is 99.0 cm³/mol. The number of carbonyl (C=O) groups is 1. The molecule has 1 aromatic heterocycles. The van der Waals surface area contributed by atoms with Crippen molar-refractivity contribution in [2.24, 2.45) is 0 Å². The molecular weight excluding hydrogens is 431 g/mol. The third kappa shape index (κ3) is 4.94. The van der Waals surface area contributed by atoms with Gasteiger partial charge in [-0.2, -0.15) is 17.5 Å². The lowest BCUT2D eigenvalue weighted by Gasteiger charge is -2.26. The van der Waals surface area contributed by atoms with Crippen molar-refractivity contribution in [3.8, 4) is 0 Å². The molecule has 1 atom stereocenters. The van der Waals surface area contributed by atoms with Gasteiger partial charge in [0.25, 0.3) is 5.91 Å². The number of rotatable bonds is 5. The third-order valence-corrected chi connectivity index (χ3v) is 7.16. The minimum Gasteiger partial charge on any atom is -0.379 e. The molecule has 1 aromatic carbocycles. The summed E-state index contributed by atoms with van der Waals surface area (Å²) >= 11 is 0.788. The average Bonchev–Trinajstić information content (AvgIpc) is 3.20. The highest BCUT2D eigenvalue weighted by Crippen LogP contribution is 2.31. The topological polar surface area (TPSA) is 88.6 Å². The molecule has 0 spiro atoms. The van der Waals surface area contributed by atoms with Crippen molar-refractivity contribution in [2.75, 3.05) is 26.3 Å². The summed E-state index contributed by atoms with van der Waals surface area (Å²) in [6, 6.07) is 4.74. The van der Waals surface area contributed by atoms with Crippen LogP contribution in [0.5, 0.6) is 0 Å². The maximum absolute atomic E-state index is 12.7.